The Hall–Kier alpha value is -3.16. The van der Waals surface area contributed by atoms with Crippen molar-refractivity contribution in [3.63, 3.8) is 0 Å². The first kappa shape index (κ1) is 21.1. The summed E-state index contributed by atoms with van der Waals surface area (Å²) in [6.45, 7) is 1.52. The summed E-state index contributed by atoms with van der Waals surface area (Å²) in [6, 6.07) is -0.246. The van der Waals surface area contributed by atoms with Crippen LogP contribution >= 0.6 is 11.3 Å². The Kier molecular flexibility index (Phi) is 6.56. The molecular formula is C14H14F3N5O5S. The van der Waals surface area contributed by atoms with Crippen LogP contribution in [-0.2, 0) is 17.5 Å². The SMILES string of the molecule is CCOC(=O)c1cc(C(F)(F)F)sc1NC(=O)NCCn1cc([N+](=O)[O-])cn1. The number of rotatable bonds is 7. The number of thiophene rings is 1. The second-order valence-electron chi connectivity index (χ2n) is 5.17. The number of nitrogens with one attached hydrogen (secondary N) is 2. The van der Waals surface area contributed by atoms with Crippen LogP contribution in [0, 0.1) is 10.1 Å². The summed E-state index contributed by atoms with van der Waals surface area (Å²) in [7, 11) is 0. The lowest BCUT2D eigenvalue weighted by atomic mass is 10.3. The van der Waals surface area contributed by atoms with Crippen molar-refractivity contribution in [3.8, 4) is 0 Å². The van der Waals surface area contributed by atoms with E-state index < -0.39 is 33.5 Å². The summed E-state index contributed by atoms with van der Waals surface area (Å²) in [5.41, 5.74) is -0.626. The third-order valence-electron chi connectivity index (χ3n) is 3.19. The van der Waals surface area contributed by atoms with Crippen LogP contribution in [0.3, 0.4) is 0 Å². The quantitative estimate of drug-likeness (QED) is 0.402. The standard InChI is InChI=1S/C14H14F3N5O5S/c1-2-27-12(23)9-5-10(14(15,16)17)28-11(9)20-13(24)18-3-4-21-7-8(6-19-21)22(25)26/h5-7H,2-4H2,1H3,(H2,18,20,24). The van der Waals surface area contributed by atoms with E-state index in [2.05, 4.69) is 15.7 Å². The molecule has 2 aromatic rings. The highest BCUT2D eigenvalue weighted by molar-refractivity contribution is 7.16. The normalized spacial score (nSPS) is 11.1. The molecule has 0 fully saturated rings. The summed E-state index contributed by atoms with van der Waals surface area (Å²) in [5, 5.41) is 18.5. The number of urea groups is 1. The predicted molar refractivity (Wildman–Crippen MR) is 91.2 cm³/mol. The summed E-state index contributed by atoms with van der Waals surface area (Å²) < 4.78 is 44.6. The molecule has 0 saturated heterocycles. The van der Waals surface area contributed by atoms with Gasteiger partial charge in [-0.05, 0) is 13.0 Å². The lowest BCUT2D eigenvalue weighted by Crippen LogP contribution is -2.31. The Labute approximate surface area is 159 Å². The molecule has 14 heteroatoms. The predicted octanol–water partition coefficient (Wildman–Crippen LogP) is 2.87. The van der Waals surface area contributed by atoms with Gasteiger partial charge in [0.05, 0.1) is 23.6 Å². The number of nitro groups is 1. The number of nitrogens with zero attached hydrogens (tertiary/aromatic N) is 3. The van der Waals surface area contributed by atoms with Crippen LogP contribution in [0.15, 0.2) is 18.5 Å². The molecule has 0 aliphatic heterocycles. The Bertz CT molecular complexity index is 879. The fourth-order valence-corrected chi connectivity index (χ4v) is 2.89. The van der Waals surface area contributed by atoms with Gasteiger partial charge in [-0.3, -0.25) is 20.1 Å². The molecule has 0 radical (unpaired) electrons. The maximum atomic E-state index is 12.9. The maximum absolute atomic E-state index is 12.9. The molecule has 28 heavy (non-hydrogen) atoms. The van der Waals surface area contributed by atoms with E-state index in [1.807, 2.05) is 0 Å². The van der Waals surface area contributed by atoms with Crippen molar-refractivity contribution >= 4 is 34.0 Å². The third kappa shape index (κ3) is 5.42. The summed E-state index contributed by atoms with van der Waals surface area (Å²) in [6.07, 6.45) is -2.49. The molecule has 2 aromatic heterocycles. The Morgan fingerprint density at radius 3 is 2.71 bits per heavy atom. The van der Waals surface area contributed by atoms with Crippen molar-refractivity contribution in [1.29, 1.82) is 0 Å². The van der Waals surface area contributed by atoms with Gasteiger partial charge in [-0.15, -0.1) is 11.3 Å². The first-order valence-electron chi connectivity index (χ1n) is 7.71. The lowest BCUT2D eigenvalue weighted by molar-refractivity contribution is -0.385. The van der Waals surface area contributed by atoms with E-state index in [9.17, 15) is 32.9 Å². The van der Waals surface area contributed by atoms with Crippen molar-refractivity contribution in [2.75, 3.05) is 18.5 Å². The van der Waals surface area contributed by atoms with Crippen molar-refractivity contribution in [2.45, 2.75) is 19.6 Å². The van der Waals surface area contributed by atoms with E-state index >= 15 is 0 Å². The van der Waals surface area contributed by atoms with Gasteiger partial charge in [0.25, 0.3) is 0 Å². The minimum atomic E-state index is -4.68. The molecule has 2 heterocycles. The molecule has 0 aliphatic carbocycles. The minimum Gasteiger partial charge on any atom is -0.462 e. The van der Waals surface area contributed by atoms with Crippen LogP contribution in [0.25, 0.3) is 0 Å². The topological polar surface area (TPSA) is 128 Å². The van der Waals surface area contributed by atoms with E-state index in [1.54, 1.807) is 0 Å². The van der Waals surface area contributed by atoms with Gasteiger partial charge >= 0.3 is 23.9 Å². The van der Waals surface area contributed by atoms with E-state index in [1.165, 1.54) is 11.6 Å². The van der Waals surface area contributed by atoms with Gasteiger partial charge in [-0.2, -0.15) is 18.3 Å². The number of carbonyl (C=O) groups is 2. The number of hydrogen-bond acceptors (Lipinski definition) is 7. The zero-order valence-electron chi connectivity index (χ0n) is 14.3. The molecule has 152 valence electrons. The number of amides is 2. The molecule has 0 aliphatic rings. The molecule has 2 N–H and O–H groups in total. The number of alkyl halides is 3. The molecule has 10 nitrogen and oxygen atoms in total. The summed E-state index contributed by atoms with van der Waals surface area (Å²) >= 11 is 0.195. The highest BCUT2D eigenvalue weighted by Crippen LogP contribution is 2.39. The highest BCUT2D eigenvalue weighted by atomic mass is 32.1. The molecule has 0 saturated carbocycles. The molecule has 2 amide bonds. The fraction of sp³-hybridized carbons (Fsp3) is 0.357. The van der Waals surface area contributed by atoms with Crippen molar-refractivity contribution < 1.29 is 32.4 Å². The zero-order chi connectivity index (χ0) is 20.9. The number of carbonyl (C=O) groups excluding carboxylic acids is 2. The molecule has 0 spiro atoms. The van der Waals surface area contributed by atoms with E-state index in [4.69, 9.17) is 4.74 Å². The van der Waals surface area contributed by atoms with Gasteiger partial charge in [0.1, 0.15) is 22.3 Å². The van der Waals surface area contributed by atoms with E-state index in [0.29, 0.717) is 6.07 Å². The van der Waals surface area contributed by atoms with Crippen LogP contribution in [0.4, 0.5) is 28.7 Å². The molecular weight excluding hydrogens is 407 g/mol. The van der Waals surface area contributed by atoms with Crippen LogP contribution in [0.2, 0.25) is 0 Å². The first-order chi connectivity index (χ1) is 13.1. The Morgan fingerprint density at radius 2 is 2.14 bits per heavy atom. The van der Waals surface area contributed by atoms with Gasteiger partial charge in [-0.25, -0.2) is 9.59 Å². The number of esters is 1. The van der Waals surface area contributed by atoms with Gasteiger partial charge < -0.3 is 10.1 Å². The Morgan fingerprint density at radius 1 is 1.43 bits per heavy atom. The second-order valence-corrected chi connectivity index (χ2v) is 6.22. The molecule has 2 rings (SSSR count). The zero-order valence-corrected chi connectivity index (χ0v) is 15.1. The average Bonchev–Trinajstić information content (AvgIpc) is 3.22. The molecule has 0 aromatic carbocycles. The monoisotopic (exact) mass is 421 g/mol. The van der Waals surface area contributed by atoms with E-state index in [0.717, 1.165) is 12.4 Å². The van der Waals surface area contributed by atoms with Gasteiger partial charge in [0.15, 0.2) is 0 Å². The summed E-state index contributed by atoms with van der Waals surface area (Å²) in [5.74, 6) is -0.992. The van der Waals surface area contributed by atoms with Gasteiger partial charge in [-0.1, -0.05) is 0 Å². The lowest BCUT2D eigenvalue weighted by Gasteiger charge is -2.08. The van der Waals surface area contributed by atoms with Gasteiger partial charge in [0.2, 0.25) is 0 Å². The number of ether oxygens (including phenoxy) is 1. The van der Waals surface area contributed by atoms with E-state index in [-0.39, 0.29) is 41.7 Å². The van der Waals surface area contributed by atoms with Crippen LogP contribution in [-0.4, -0.2) is 39.9 Å². The molecule has 0 atom stereocenters. The van der Waals surface area contributed by atoms with Crippen LogP contribution < -0.4 is 10.6 Å². The largest absolute Gasteiger partial charge is 0.462 e. The summed E-state index contributed by atoms with van der Waals surface area (Å²) in [4.78, 5) is 32.6. The van der Waals surface area contributed by atoms with Gasteiger partial charge in [0, 0.05) is 6.54 Å². The van der Waals surface area contributed by atoms with Crippen LogP contribution in [0.5, 0.6) is 0 Å². The van der Waals surface area contributed by atoms with Crippen molar-refractivity contribution in [1.82, 2.24) is 15.1 Å². The van der Waals surface area contributed by atoms with Crippen molar-refractivity contribution in [3.05, 3.63) is 39.0 Å². The Balaban J connectivity index is 2.00. The second kappa shape index (κ2) is 8.69. The maximum Gasteiger partial charge on any atom is 0.425 e. The smallest absolute Gasteiger partial charge is 0.425 e. The number of halogens is 3. The first-order valence-corrected chi connectivity index (χ1v) is 8.53. The number of hydrogen-bond donors (Lipinski definition) is 2. The number of anilines is 1. The van der Waals surface area contributed by atoms with Crippen molar-refractivity contribution in [2.24, 2.45) is 0 Å². The van der Waals surface area contributed by atoms with Crippen LogP contribution in [0.1, 0.15) is 22.2 Å². The average molecular weight is 421 g/mol. The number of aromatic nitrogens is 2. The highest BCUT2D eigenvalue weighted by Gasteiger charge is 2.35. The molecule has 0 unspecified atom stereocenters. The fourth-order valence-electron chi connectivity index (χ4n) is 1.98. The minimum absolute atomic E-state index is 0.0170. The molecule has 0 bridgehead atoms. The third-order valence-corrected chi connectivity index (χ3v) is 4.29.